The Bertz CT molecular complexity index is 608. The van der Waals surface area contributed by atoms with Crippen molar-refractivity contribution in [1.82, 2.24) is 21.3 Å². The van der Waals surface area contributed by atoms with Gasteiger partial charge in [-0.3, -0.25) is 24.0 Å². The second kappa shape index (κ2) is 12.7. The lowest BCUT2D eigenvalue weighted by atomic mass is 9.98. The summed E-state index contributed by atoms with van der Waals surface area (Å²) in [6.45, 7) is 7.55. The summed E-state index contributed by atoms with van der Waals surface area (Å²) in [6, 6.07) is -2.60. The normalized spacial score (nSPS) is 14.9. The van der Waals surface area contributed by atoms with Gasteiger partial charge in [0, 0.05) is 0 Å². The van der Waals surface area contributed by atoms with Gasteiger partial charge in [0.05, 0.1) is 12.6 Å². The van der Waals surface area contributed by atoms with Crippen molar-refractivity contribution in [3.05, 3.63) is 0 Å². The fraction of sp³-hybridized carbons (Fsp3) is 0.722. The van der Waals surface area contributed by atoms with E-state index in [1.165, 1.54) is 6.92 Å². The Morgan fingerprint density at radius 3 is 1.79 bits per heavy atom. The second-order valence-corrected chi connectivity index (χ2v) is 7.28. The Balaban J connectivity index is 4.88. The first kappa shape index (κ1) is 26.3. The van der Waals surface area contributed by atoms with Gasteiger partial charge in [-0.05, 0) is 18.8 Å². The third kappa shape index (κ3) is 9.88. The topological polar surface area (TPSA) is 180 Å². The molecule has 0 bridgehead atoms. The summed E-state index contributed by atoms with van der Waals surface area (Å²) in [5.74, 6) is -3.98. The van der Waals surface area contributed by atoms with Crippen LogP contribution in [0.5, 0.6) is 0 Å². The van der Waals surface area contributed by atoms with Crippen LogP contribution in [-0.4, -0.2) is 65.9 Å². The third-order valence-electron chi connectivity index (χ3n) is 4.31. The summed E-state index contributed by atoms with van der Waals surface area (Å²) in [6.07, 6.45) is 0.566. The second-order valence-electron chi connectivity index (χ2n) is 7.28. The largest absolute Gasteiger partial charge is 0.480 e. The molecule has 11 nitrogen and oxygen atoms in total. The first-order valence-corrected chi connectivity index (χ1v) is 9.53. The lowest BCUT2D eigenvalue weighted by Gasteiger charge is -2.24. The van der Waals surface area contributed by atoms with Gasteiger partial charge < -0.3 is 32.1 Å². The molecule has 0 aromatic heterocycles. The molecular weight excluding hydrogens is 382 g/mol. The Labute approximate surface area is 170 Å². The van der Waals surface area contributed by atoms with Gasteiger partial charge >= 0.3 is 5.97 Å². The minimum Gasteiger partial charge on any atom is -0.480 e. The average molecular weight is 415 g/mol. The standard InChI is InChI=1S/C18H33N5O6/c1-6-10(4)15(18(29)21-8-13(25)26)22-12(24)7-20-17(28)14(9(2)3)23-16(27)11(5)19/h9-11,14-15H,6-8,19H2,1-5H3,(H,20,28)(H,21,29)(H,22,24)(H,23,27)(H,25,26)/t10-,11-,14-,15-/m0/s1. The van der Waals surface area contributed by atoms with Gasteiger partial charge in [0.2, 0.25) is 23.6 Å². The van der Waals surface area contributed by atoms with Gasteiger partial charge in [-0.15, -0.1) is 0 Å². The fourth-order valence-corrected chi connectivity index (χ4v) is 2.30. The van der Waals surface area contributed by atoms with Gasteiger partial charge in [-0.2, -0.15) is 0 Å². The van der Waals surface area contributed by atoms with Crippen molar-refractivity contribution in [2.24, 2.45) is 17.6 Å². The van der Waals surface area contributed by atoms with Crippen LogP contribution in [0.3, 0.4) is 0 Å². The lowest BCUT2D eigenvalue weighted by Crippen LogP contribution is -2.56. The molecule has 0 aliphatic rings. The van der Waals surface area contributed by atoms with Gasteiger partial charge in [0.25, 0.3) is 0 Å². The van der Waals surface area contributed by atoms with Crippen LogP contribution in [0.2, 0.25) is 0 Å². The van der Waals surface area contributed by atoms with Crippen LogP contribution >= 0.6 is 0 Å². The van der Waals surface area contributed by atoms with Crippen LogP contribution in [0.4, 0.5) is 0 Å². The van der Waals surface area contributed by atoms with Crippen molar-refractivity contribution in [2.45, 2.75) is 59.2 Å². The van der Waals surface area contributed by atoms with E-state index in [4.69, 9.17) is 10.8 Å². The monoisotopic (exact) mass is 415 g/mol. The highest BCUT2D eigenvalue weighted by molar-refractivity contribution is 5.93. The van der Waals surface area contributed by atoms with E-state index in [0.717, 1.165) is 0 Å². The van der Waals surface area contributed by atoms with E-state index in [9.17, 15) is 24.0 Å². The molecule has 0 saturated heterocycles. The number of rotatable bonds is 12. The number of hydrogen-bond acceptors (Lipinski definition) is 6. The first-order valence-electron chi connectivity index (χ1n) is 9.53. The minimum absolute atomic E-state index is 0.240. The number of carboxylic acids is 1. The Hall–Kier alpha value is -2.69. The Morgan fingerprint density at radius 2 is 1.34 bits per heavy atom. The Kier molecular flexibility index (Phi) is 11.5. The van der Waals surface area contributed by atoms with Gasteiger partial charge in [0.15, 0.2) is 0 Å². The summed E-state index contributed by atoms with van der Waals surface area (Å²) in [4.78, 5) is 59.1. The van der Waals surface area contributed by atoms with Crippen LogP contribution in [-0.2, 0) is 24.0 Å². The minimum atomic E-state index is -1.20. The molecule has 0 saturated carbocycles. The van der Waals surface area contributed by atoms with E-state index >= 15 is 0 Å². The van der Waals surface area contributed by atoms with E-state index in [0.29, 0.717) is 6.42 Å². The zero-order valence-electron chi connectivity index (χ0n) is 17.6. The molecule has 7 N–H and O–H groups in total. The summed E-state index contributed by atoms with van der Waals surface area (Å²) < 4.78 is 0. The maximum absolute atomic E-state index is 12.3. The average Bonchev–Trinajstić information content (AvgIpc) is 2.65. The molecule has 0 rings (SSSR count). The molecule has 0 unspecified atom stereocenters. The molecule has 166 valence electrons. The first-order chi connectivity index (χ1) is 13.4. The van der Waals surface area contributed by atoms with Crippen molar-refractivity contribution in [2.75, 3.05) is 13.1 Å². The van der Waals surface area contributed by atoms with E-state index in [2.05, 4.69) is 21.3 Å². The van der Waals surface area contributed by atoms with E-state index < -0.39 is 60.8 Å². The van der Waals surface area contributed by atoms with Gasteiger partial charge in [-0.25, -0.2) is 0 Å². The van der Waals surface area contributed by atoms with Crippen LogP contribution in [0, 0.1) is 11.8 Å². The van der Waals surface area contributed by atoms with Crippen LogP contribution in [0.15, 0.2) is 0 Å². The van der Waals surface area contributed by atoms with E-state index in [1.807, 2.05) is 6.92 Å². The number of carboxylic acid groups (broad SMARTS) is 1. The molecule has 0 spiro atoms. The van der Waals surface area contributed by atoms with Crippen molar-refractivity contribution in [1.29, 1.82) is 0 Å². The molecule has 0 aliphatic carbocycles. The maximum atomic E-state index is 12.3. The molecule has 0 aromatic carbocycles. The number of hydrogen-bond donors (Lipinski definition) is 6. The number of carbonyl (C=O) groups is 5. The Morgan fingerprint density at radius 1 is 0.828 bits per heavy atom. The molecule has 0 radical (unpaired) electrons. The number of amides is 4. The molecular formula is C18H33N5O6. The highest BCUT2D eigenvalue weighted by Crippen LogP contribution is 2.08. The molecule has 0 fully saturated rings. The fourth-order valence-electron chi connectivity index (χ4n) is 2.30. The number of aliphatic carboxylic acids is 1. The molecule has 0 aromatic rings. The summed E-state index contributed by atoms with van der Waals surface area (Å²) in [5, 5.41) is 18.4. The predicted octanol–water partition coefficient (Wildman–Crippen LogP) is -1.68. The number of nitrogens with two attached hydrogens (primary N) is 1. The summed E-state index contributed by atoms with van der Waals surface area (Å²) in [5.41, 5.74) is 5.49. The predicted molar refractivity (Wildman–Crippen MR) is 105 cm³/mol. The third-order valence-corrected chi connectivity index (χ3v) is 4.31. The molecule has 4 amide bonds. The van der Waals surface area contributed by atoms with E-state index in [-0.39, 0.29) is 11.8 Å². The zero-order valence-corrected chi connectivity index (χ0v) is 17.6. The van der Waals surface area contributed by atoms with Gasteiger partial charge in [-0.1, -0.05) is 34.1 Å². The van der Waals surface area contributed by atoms with Crippen molar-refractivity contribution in [3.63, 3.8) is 0 Å². The highest BCUT2D eigenvalue weighted by Gasteiger charge is 2.28. The highest BCUT2D eigenvalue weighted by atomic mass is 16.4. The molecule has 29 heavy (non-hydrogen) atoms. The molecule has 4 atom stereocenters. The zero-order chi connectivity index (χ0) is 22.7. The summed E-state index contributed by atoms with van der Waals surface area (Å²) >= 11 is 0. The molecule has 0 aliphatic heterocycles. The van der Waals surface area contributed by atoms with Crippen LogP contribution < -0.4 is 27.0 Å². The van der Waals surface area contributed by atoms with E-state index in [1.54, 1.807) is 20.8 Å². The lowest BCUT2D eigenvalue weighted by molar-refractivity contribution is -0.138. The smallest absolute Gasteiger partial charge is 0.322 e. The molecule has 0 heterocycles. The number of carbonyl (C=O) groups excluding carboxylic acids is 4. The van der Waals surface area contributed by atoms with Crippen LogP contribution in [0.25, 0.3) is 0 Å². The van der Waals surface area contributed by atoms with Crippen molar-refractivity contribution < 1.29 is 29.1 Å². The molecule has 11 heteroatoms. The quantitative estimate of drug-likeness (QED) is 0.220. The summed E-state index contributed by atoms with van der Waals surface area (Å²) in [7, 11) is 0. The van der Waals surface area contributed by atoms with Crippen molar-refractivity contribution in [3.8, 4) is 0 Å². The maximum Gasteiger partial charge on any atom is 0.322 e. The SMILES string of the molecule is CC[C@H](C)[C@H](NC(=O)CNC(=O)[C@@H](NC(=O)[C@H](C)N)C(C)C)C(=O)NCC(=O)O. The number of nitrogens with one attached hydrogen (secondary N) is 4. The van der Waals surface area contributed by atoms with Crippen molar-refractivity contribution >= 4 is 29.6 Å². The van der Waals surface area contributed by atoms with Gasteiger partial charge in [0.1, 0.15) is 18.6 Å². The van der Waals surface area contributed by atoms with Crippen LogP contribution in [0.1, 0.15) is 41.0 Å².